The Morgan fingerprint density at radius 1 is 1.00 bits per heavy atom. The van der Waals surface area contributed by atoms with Crippen molar-refractivity contribution in [2.24, 2.45) is 11.0 Å². The summed E-state index contributed by atoms with van der Waals surface area (Å²) in [6, 6.07) is 19.9. The van der Waals surface area contributed by atoms with Crippen molar-refractivity contribution in [1.82, 2.24) is 5.43 Å². The molecule has 1 aliphatic carbocycles. The predicted octanol–water partition coefficient (Wildman–Crippen LogP) is 6.76. The lowest BCUT2D eigenvalue weighted by molar-refractivity contribution is -0.122. The number of hydrogen-bond donors (Lipinski definition) is 1. The molecule has 2 unspecified atom stereocenters. The molecule has 2 atom stereocenters. The van der Waals surface area contributed by atoms with Gasteiger partial charge in [-0.3, -0.25) is 4.79 Å². The molecule has 0 radical (unpaired) electrons. The lowest BCUT2D eigenvalue weighted by atomic mass is 9.86. The molecular weight excluding hydrogens is 483 g/mol. The van der Waals surface area contributed by atoms with Crippen LogP contribution in [0.25, 0.3) is 0 Å². The van der Waals surface area contributed by atoms with E-state index in [1.807, 2.05) is 0 Å². The molecule has 0 aromatic heterocycles. The van der Waals surface area contributed by atoms with Crippen LogP contribution in [0.15, 0.2) is 71.8 Å². The van der Waals surface area contributed by atoms with Gasteiger partial charge in [0.1, 0.15) is 5.75 Å². The number of halogens is 2. The van der Waals surface area contributed by atoms with Crippen molar-refractivity contribution in [2.45, 2.75) is 38.5 Å². The highest BCUT2D eigenvalue weighted by molar-refractivity contribution is 6.36. The summed E-state index contributed by atoms with van der Waals surface area (Å²) in [4.78, 5) is 24.8. The lowest BCUT2D eigenvalue weighted by Crippen LogP contribution is -2.20. The van der Waals surface area contributed by atoms with Crippen LogP contribution in [0.5, 0.6) is 5.75 Å². The summed E-state index contributed by atoms with van der Waals surface area (Å²) in [5.41, 5.74) is 6.18. The van der Waals surface area contributed by atoms with E-state index in [-0.39, 0.29) is 33.7 Å². The number of nitrogens with zero attached hydrogens (tertiary/aromatic N) is 1. The SMILES string of the molecule is CC(C)(C)c1ccc(C2CC2C(=O)N/N=C\c2ccc(OC(=O)c3ccc(Cl)cc3Cl)cc2)cc1. The van der Waals surface area contributed by atoms with Crippen LogP contribution in [-0.2, 0) is 10.2 Å². The van der Waals surface area contributed by atoms with Crippen molar-refractivity contribution in [1.29, 1.82) is 0 Å². The zero-order chi connectivity index (χ0) is 25.2. The maximum Gasteiger partial charge on any atom is 0.345 e. The molecule has 0 saturated heterocycles. The van der Waals surface area contributed by atoms with Crippen molar-refractivity contribution >= 4 is 41.3 Å². The highest BCUT2D eigenvalue weighted by Crippen LogP contribution is 2.47. The summed E-state index contributed by atoms with van der Waals surface area (Å²) >= 11 is 11.9. The number of hydrazone groups is 1. The summed E-state index contributed by atoms with van der Waals surface area (Å²) in [6.45, 7) is 6.56. The molecule has 1 amide bonds. The zero-order valence-corrected chi connectivity index (χ0v) is 21.2. The van der Waals surface area contributed by atoms with Crippen LogP contribution in [0.3, 0.4) is 0 Å². The van der Waals surface area contributed by atoms with Gasteiger partial charge in [0.15, 0.2) is 0 Å². The van der Waals surface area contributed by atoms with E-state index in [1.165, 1.54) is 23.3 Å². The molecule has 0 spiro atoms. The van der Waals surface area contributed by atoms with Crippen LogP contribution in [0.2, 0.25) is 10.0 Å². The summed E-state index contributed by atoms with van der Waals surface area (Å²) in [5.74, 6) is -0.124. The Balaban J connectivity index is 1.27. The van der Waals surface area contributed by atoms with Gasteiger partial charge in [-0.25, -0.2) is 10.2 Å². The molecule has 3 aromatic carbocycles. The Kier molecular flexibility index (Phi) is 7.29. The van der Waals surface area contributed by atoms with Crippen molar-refractivity contribution in [3.8, 4) is 5.75 Å². The topological polar surface area (TPSA) is 67.8 Å². The van der Waals surface area contributed by atoms with Crippen LogP contribution in [0, 0.1) is 5.92 Å². The predicted molar refractivity (Wildman–Crippen MR) is 140 cm³/mol. The third kappa shape index (κ3) is 6.30. The molecule has 4 rings (SSSR count). The third-order valence-corrected chi connectivity index (χ3v) is 6.51. The normalized spacial score (nSPS) is 17.3. The van der Waals surface area contributed by atoms with Gasteiger partial charge < -0.3 is 4.74 Å². The number of carbonyl (C=O) groups excluding carboxylic acids is 2. The first-order valence-electron chi connectivity index (χ1n) is 11.3. The highest BCUT2D eigenvalue weighted by atomic mass is 35.5. The molecule has 3 aromatic rings. The molecule has 1 saturated carbocycles. The molecular formula is C28H26Cl2N2O3. The molecule has 0 bridgehead atoms. The molecule has 0 aliphatic heterocycles. The number of esters is 1. The Bertz CT molecular complexity index is 1260. The van der Waals surface area contributed by atoms with E-state index < -0.39 is 5.97 Å². The van der Waals surface area contributed by atoms with Gasteiger partial charge in [-0.1, -0.05) is 68.2 Å². The van der Waals surface area contributed by atoms with Gasteiger partial charge in [0, 0.05) is 10.9 Å². The van der Waals surface area contributed by atoms with Gasteiger partial charge in [0.2, 0.25) is 5.91 Å². The molecule has 1 fully saturated rings. The van der Waals surface area contributed by atoms with Crippen molar-refractivity contribution < 1.29 is 14.3 Å². The average Bonchev–Trinajstić information content (AvgIpc) is 3.61. The standard InChI is InChI=1S/C28H26Cl2N2O3/c1-28(2,3)19-8-6-18(7-9-19)23-15-24(23)26(33)32-31-16-17-4-11-21(12-5-17)35-27(34)22-13-10-20(29)14-25(22)30/h4-14,16,23-24H,15H2,1-3H3,(H,32,33)/b31-16-. The van der Waals surface area contributed by atoms with Crippen molar-refractivity contribution in [2.75, 3.05) is 0 Å². The largest absolute Gasteiger partial charge is 0.423 e. The van der Waals surface area contributed by atoms with E-state index in [4.69, 9.17) is 27.9 Å². The third-order valence-electron chi connectivity index (χ3n) is 5.96. The highest BCUT2D eigenvalue weighted by Gasteiger charge is 2.44. The van der Waals surface area contributed by atoms with Gasteiger partial charge in [-0.2, -0.15) is 5.10 Å². The molecule has 1 N–H and O–H groups in total. The van der Waals surface area contributed by atoms with Crippen LogP contribution in [-0.4, -0.2) is 18.1 Å². The average molecular weight is 509 g/mol. The second-order valence-corrected chi connectivity index (χ2v) is 10.5. The first-order valence-corrected chi connectivity index (χ1v) is 12.1. The Morgan fingerprint density at radius 3 is 2.31 bits per heavy atom. The number of nitrogens with one attached hydrogen (secondary N) is 1. The summed E-state index contributed by atoms with van der Waals surface area (Å²) in [7, 11) is 0. The number of benzene rings is 3. The van der Waals surface area contributed by atoms with Gasteiger partial charge in [0.25, 0.3) is 0 Å². The maximum atomic E-state index is 12.5. The quantitative estimate of drug-likeness (QED) is 0.173. The summed E-state index contributed by atoms with van der Waals surface area (Å²) in [6.07, 6.45) is 2.38. The fourth-order valence-corrected chi connectivity index (χ4v) is 4.26. The van der Waals surface area contributed by atoms with E-state index in [0.717, 1.165) is 12.0 Å². The van der Waals surface area contributed by atoms with Crippen LogP contribution >= 0.6 is 23.2 Å². The van der Waals surface area contributed by atoms with Crippen molar-refractivity contribution in [3.05, 3.63) is 99.0 Å². The van der Waals surface area contributed by atoms with E-state index in [0.29, 0.717) is 10.8 Å². The maximum absolute atomic E-state index is 12.5. The molecule has 5 nitrogen and oxygen atoms in total. The van der Waals surface area contributed by atoms with Gasteiger partial charge in [-0.15, -0.1) is 0 Å². The minimum atomic E-state index is -0.576. The second-order valence-electron chi connectivity index (χ2n) is 9.64. The van der Waals surface area contributed by atoms with E-state index >= 15 is 0 Å². The van der Waals surface area contributed by atoms with Gasteiger partial charge in [-0.05, 0) is 76.9 Å². The number of amides is 1. The Hall–Kier alpha value is -3.15. The van der Waals surface area contributed by atoms with Crippen LogP contribution in [0.1, 0.15) is 60.2 Å². The number of hydrogen-bond acceptors (Lipinski definition) is 4. The second kappa shape index (κ2) is 10.2. The Morgan fingerprint density at radius 2 is 1.69 bits per heavy atom. The number of rotatable bonds is 6. The molecule has 0 heterocycles. The van der Waals surface area contributed by atoms with E-state index in [2.05, 4.69) is 55.6 Å². The molecule has 35 heavy (non-hydrogen) atoms. The number of ether oxygens (including phenoxy) is 1. The molecule has 180 valence electrons. The first-order chi connectivity index (χ1) is 16.6. The molecule has 7 heteroatoms. The van der Waals surface area contributed by atoms with E-state index in [9.17, 15) is 9.59 Å². The molecule has 1 aliphatic rings. The van der Waals surface area contributed by atoms with Gasteiger partial charge >= 0.3 is 5.97 Å². The first kappa shape index (κ1) is 25.0. The Labute approximate surface area is 215 Å². The summed E-state index contributed by atoms with van der Waals surface area (Å²) in [5, 5.41) is 4.74. The van der Waals surface area contributed by atoms with Gasteiger partial charge in [0.05, 0.1) is 16.8 Å². The minimum absolute atomic E-state index is 0.0610. The smallest absolute Gasteiger partial charge is 0.345 e. The lowest BCUT2D eigenvalue weighted by Gasteiger charge is -2.19. The minimum Gasteiger partial charge on any atom is -0.423 e. The summed E-state index contributed by atoms with van der Waals surface area (Å²) < 4.78 is 5.36. The van der Waals surface area contributed by atoms with Crippen LogP contribution < -0.4 is 10.2 Å². The zero-order valence-electron chi connectivity index (χ0n) is 19.7. The van der Waals surface area contributed by atoms with Crippen LogP contribution in [0.4, 0.5) is 0 Å². The fourth-order valence-electron chi connectivity index (χ4n) is 3.78. The fraction of sp³-hybridized carbons (Fsp3) is 0.250. The number of carbonyl (C=O) groups is 2. The van der Waals surface area contributed by atoms with E-state index in [1.54, 1.807) is 36.5 Å². The van der Waals surface area contributed by atoms with Crippen molar-refractivity contribution in [3.63, 3.8) is 0 Å². The monoisotopic (exact) mass is 508 g/mol.